The van der Waals surface area contributed by atoms with Crippen molar-refractivity contribution in [1.82, 2.24) is 0 Å². The highest BCUT2D eigenvalue weighted by molar-refractivity contribution is 5.56. The first kappa shape index (κ1) is 43.3. The highest BCUT2D eigenvalue weighted by atomic mass is 19.4. The molecule has 0 amide bonds. The van der Waals surface area contributed by atoms with Crippen molar-refractivity contribution in [3.05, 3.63) is 119 Å². The van der Waals surface area contributed by atoms with Gasteiger partial charge in [0.15, 0.2) is 0 Å². The number of rotatable bonds is 6. The van der Waals surface area contributed by atoms with Crippen molar-refractivity contribution in [3.8, 4) is 0 Å². The van der Waals surface area contributed by atoms with E-state index < -0.39 is 47.0 Å². The Morgan fingerprint density at radius 1 is 0.283 bits per heavy atom. The standard InChI is InChI=1S/2C22H22F6N2/c2*23-21(24,25)15-5-9-17(10-6-15)29-13-1-3-19(29)20-4-2-14-30(20)18-11-7-16(8-12-18)22(26,27)28/h2*5-12,19-20H,1-4,13-14H2/t2*19-,20-/m10/s1. The summed E-state index contributed by atoms with van der Waals surface area (Å²) < 4.78 is 154. The van der Waals surface area contributed by atoms with Crippen molar-refractivity contribution < 1.29 is 52.7 Å². The lowest BCUT2D eigenvalue weighted by atomic mass is 10.0. The van der Waals surface area contributed by atoms with E-state index in [1.807, 2.05) is 0 Å². The van der Waals surface area contributed by atoms with Gasteiger partial charge in [-0.15, -0.1) is 0 Å². The molecule has 0 bridgehead atoms. The number of alkyl halides is 12. The average molecular weight is 857 g/mol. The van der Waals surface area contributed by atoms with Crippen LogP contribution in [0.5, 0.6) is 0 Å². The number of hydrogen-bond donors (Lipinski definition) is 0. The van der Waals surface area contributed by atoms with E-state index in [0.29, 0.717) is 0 Å². The minimum atomic E-state index is -4.37. The minimum absolute atomic E-state index is 0.117. The van der Waals surface area contributed by atoms with E-state index in [1.165, 1.54) is 48.5 Å². The van der Waals surface area contributed by atoms with Crippen LogP contribution in [-0.2, 0) is 24.7 Å². The maximum Gasteiger partial charge on any atom is 0.416 e. The smallest absolute Gasteiger partial charge is 0.366 e. The summed E-state index contributed by atoms with van der Waals surface area (Å²) in [6.45, 7) is 3.03. The summed E-state index contributed by atoms with van der Waals surface area (Å²) in [5.41, 5.74) is 0.330. The van der Waals surface area contributed by atoms with Gasteiger partial charge in [0.25, 0.3) is 0 Å². The zero-order valence-corrected chi connectivity index (χ0v) is 32.4. The molecule has 4 saturated heterocycles. The highest BCUT2D eigenvalue weighted by Gasteiger charge is 2.41. The quantitative estimate of drug-likeness (QED) is 0.179. The van der Waals surface area contributed by atoms with Crippen molar-refractivity contribution in [2.24, 2.45) is 0 Å². The van der Waals surface area contributed by atoms with Gasteiger partial charge in [-0.1, -0.05) is 0 Å². The minimum Gasteiger partial charge on any atom is -0.366 e. The van der Waals surface area contributed by atoms with Gasteiger partial charge in [0.05, 0.1) is 22.3 Å². The summed E-state index contributed by atoms with van der Waals surface area (Å²) in [5.74, 6) is 0. The summed E-state index contributed by atoms with van der Waals surface area (Å²) in [5, 5.41) is 0. The van der Waals surface area contributed by atoms with Gasteiger partial charge in [-0.3, -0.25) is 0 Å². The topological polar surface area (TPSA) is 13.0 Å². The third kappa shape index (κ3) is 9.57. The molecule has 0 aromatic heterocycles. The van der Waals surface area contributed by atoms with E-state index in [2.05, 4.69) is 19.6 Å². The second-order valence-corrected chi connectivity index (χ2v) is 15.8. The third-order valence-corrected chi connectivity index (χ3v) is 12.2. The Balaban J connectivity index is 0.000000181. The summed E-state index contributed by atoms with van der Waals surface area (Å²) in [6.07, 6.45) is -10.1. The molecule has 8 rings (SSSR count). The Labute approximate surface area is 340 Å². The zero-order valence-electron chi connectivity index (χ0n) is 32.4. The van der Waals surface area contributed by atoms with Crippen LogP contribution in [0.3, 0.4) is 0 Å². The largest absolute Gasteiger partial charge is 0.416 e. The molecule has 60 heavy (non-hydrogen) atoms. The molecule has 4 nitrogen and oxygen atoms in total. The molecule has 0 saturated carbocycles. The first-order valence-electron chi connectivity index (χ1n) is 20.0. The maximum absolute atomic E-state index is 12.9. The summed E-state index contributed by atoms with van der Waals surface area (Å²) in [6, 6.07) is 21.4. The Morgan fingerprint density at radius 3 is 0.600 bits per heavy atom. The summed E-state index contributed by atoms with van der Waals surface area (Å²) >= 11 is 0. The maximum atomic E-state index is 12.9. The van der Waals surface area contributed by atoms with Crippen molar-refractivity contribution in [2.75, 3.05) is 45.8 Å². The van der Waals surface area contributed by atoms with E-state index in [9.17, 15) is 52.7 Å². The van der Waals surface area contributed by atoms with Crippen LogP contribution in [0.25, 0.3) is 0 Å². The molecular formula is C44H44F12N4. The molecule has 4 aliphatic rings. The molecule has 16 heteroatoms. The molecule has 4 aliphatic heterocycles. The normalized spacial score (nSPS) is 22.7. The summed E-state index contributed by atoms with van der Waals surface area (Å²) in [4.78, 5) is 8.58. The van der Waals surface area contributed by atoms with Gasteiger partial charge < -0.3 is 19.6 Å². The molecule has 0 spiro atoms. The van der Waals surface area contributed by atoms with E-state index >= 15 is 0 Å². The molecule has 4 heterocycles. The van der Waals surface area contributed by atoms with Crippen LogP contribution in [0, 0.1) is 0 Å². The fourth-order valence-electron chi connectivity index (χ4n) is 9.42. The zero-order chi connectivity index (χ0) is 43.0. The molecule has 4 atom stereocenters. The number of nitrogens with zero attached hydrogens (tertiary/aromatic N) is 4. The third-order valence-electron chi connectivity index (χ3n) is 12.2. The van der Waals surface area contributed by atoms with Crippen LogP contribution in [0.2, 0.25) is 0 Å². The van der Waals surface area contributed by atoms with Crippen molar-refractivity contribution in [3.63, 3.8) is 0 Å². The van der Waals surface area contributed by atoms with E-state index in [0.717, 1.165) is 149 Å². The number of benzene rings is 4. The monoisotopic (exact) mass is 856 g/mol. The molecule has 4 aromatic carbocycles. The van der Waals surface area contributed by atoms with Gasteiger partial charge in [-0.05, 0) is 148 Å². The lowest BCUT2D eigenvalue weighted by molar-refractivity contribution is -0.138. The van der Waals surface area contributed by atoms with Gasteiger partial charge in [0, 0.05) is 73.1 Å². The van der Waals surface area contributed by atoms with Gasteiger partial charge >= 0.3 is 24.7 Å². The second-order valence-electron chi connectivity index (χ2n) is 15.8. The lowest BCUT2D eigenvalue weighted by Gasteiger charge is -2.37. The summed E-state index contributed by atoms with van der Waals surface area (Å²) in [7, 11) is 0. The first-order chi connectivity index (χ1) is 28.3. The second kappa shape index (κ2) is 16.9. The first-order valence-corrected chi connectivity index (χ1v) is 20.0. The number of hydrogen-bond acceptors (Lipinski definition) is 4. The van der Waals surface area contributed by atoms with E-state index in [1.54, 1.807) is 0 Å². The van der Waals surface area contributed by atoms with Crippen LogP contribution in [0.4, 0.5) is 75.4 Å². The van der Waals surface area contributed by atoms with Crippen LogP contribution < -0.4 is 19.6 Å². The SMILES string of the molecule is FC(F)(F)c1ccc(N2CCC[C@@H]2[C@H]2CCCN2c2ccc(C(F)(F)F)cc2)cc1.FC(F)(F)c1ccc(N2CCC[C@H]2[C@@H]2CCCN2c2ccc(C(F)(F)F)cc2)cc1. The predicted molar refractivity (Wildman–Crippen MR) is 207 cm³/mol. The Morgan fingerprint density at radius 2 is 0.450 bits per heavy atom. The highest BCUT2D eigenvalue weighted by Crippen LogP contribution is 2.41. The fourth-order valence-corrected chi connectivity index (χ4v) is 9.42. The van der Waals surface area contributed by atoms with E-state index in [-0.39, 0.29) is 24.2 Å². The molecule has 0 aliphatic carbocycles. The molecule has 324 valence electrons. The lowest BCUT2D eigenvalue weighted by Crippen LogP contribution is -2.46. The molecule has 0 N–H and O–H groups in total. The van der Waals surface area contributed by atoms with Crippen LogP contribution in [-0.4, -0.2) is 50.3 Å². The van der Waals surface area contributed by atoms with Crippen molar-refractivity contribution >= 4 is 22.7 Å². The van der Waals surface area contributed by atoms with Crippen LogP contribution >= 0.6 is 0 Å². The van der Waals surface area contributed by atoms with Gasteiger partial charge in [0.1, 0.15) is 0 Å². The average Bonchev–Trinajstić information content (AvgIpc) is 4.04. The van der Waals surface area contributed by atoms with Crippen LogP contribution in [0.1, 0.15) is 73.6 Å². The molecule has 0 radical (unpaired) electrons. The molecule has 4 aromatic rings. The molecule has 0 unspecified atom stereocenters. The Hall–Kier alpha value is -4.76. The van der Waals surface area contributed by atoms with Crippen LogP contribution in [0.15, 0.2) is 97.1 Å². The molecule has 4 fully saturated rings. The fraction of sp³-hybridized carbons (Fsp3) is 0.455. The molecular weight excluding hydrogens is 812 g/mol. The Kier molecular flexibility index (Phi) is 12.2. The van der Waals surface area contributed by atoms with Crippen molar-refractivity contribution in [2.45, 2.75) is 100 Å². The van der Waals surface area contributed by atoms with Gasteiger partial charge in [0.2, 0.25) is 0 Å². The Bertz CT molecular complexity index is 1710. The number of anilines is 4. The number of halogens is 12. The van der Waals surface area contributed by atoms with Gasteiger partial charge in [-0.25, -0.2) is 0 Å². The van der Waals surface area contributed by atoms with Gasteiger partial charge in [-0.2, -0.15) is 52.7 Å². The van der Waals surface area contributed by atoms with E-state index in [4.69, 9.17) is 0 Å². The predicted octanol–water partition coefficient (Wildman–Crippen LogP) is 12.7. The van der Waals surface area contributed by atoms with Crippen molar-refractivity contribution in [1.29, 1.82) is 0 Å².